The van der Waals surface area contributed by atoms with Crippen LogP contribution in [0, 0.1) is 0 Å². The van der Waals surface area contributed by atoms with Gasteiger partial charge in [0.1, 0.15) is 0 Å². The van der Waals surface area contributed by atoms with E-state index >= 15 is 0 Å². The highest BCUT2D eigenvalue weighted by Crippen LogP contribution is 2.15. The van der Waals surface area contributed by atoms with Crippen molar-refractivity contribution in [2.45, 2.75) is 6.54 Å². The zero-order chi connectivity index (χ0) is 11.5. The van der Waals surface area contributed by atoms with Gasteiger partial charge in [0, 0.05) is 11.9 Å². The Morgan fingerprint density at radius 2 is 1.94 bits per heavy atom. The Kier molecular flexibility index (Phi) is 2.86. The van der Waals surface area contributed by atoms with E-state index in [-0.39, 0.29) is 11.9 Å². The fraction of sp³-hybridized carbons (Fsp3) is 0.222. The van der Waals surface area contributed by atoms with Gasteiger partial charge in [0.15, 0.2) is 0 Å². The van der Waals surface area contributed by atoms with Crippen molar-refractivity contribution < 1.29 is 0 Å². The molecule has 2 heterocycles. The van der Waals surface area contributed by atoms with Gasteiger partial charge in [-0.05, 0) is 11.4 Å². The lowest BCUT2D eigenvalue weighted by molar-refractivity contribution is 0.870. The van der Waals surface area contributed by atoms with E-state index in [1.54, 1.807) is 11.3 Å². The molecule has 0 fully saturated rings. The second-order valence-electron chi connectivity index (χ2n) is 3.29. The SMILES string of the molecule is CN(Cc1cccs1)c1nc(N)nc(N)n1. The third kappa shape index (κ3) is 2.37. The Morgan fingerprint density at radius 3 is 2.50 bits per heavy atom. The monoisotopic (exact) mass is 236 g/mol. The number of anilines is 3. The Labute approximate surface area is 97.0 Å². The molecule has 0 radical (unpaired) electrons. The first-order valence-corrected chi connectivity index (χ1v) is 5.53. The molecule has 2 aromatic heterocycles. The highest BCUT2D eigenvalue weighted by atomic mass is 32.1. The number of nitrogens with zero attached hydrogens (tertiary/aromatic N) is 4. The summed E-state index contributed by atoms with van der Waals surface area (Å²) in [5.74, 6) is 0.763. The number of rotatable bonds is 3. The first-order chi connectivity index (χ1) is 7.65. The van der Waals surface area contributed by atoms with Gasteiger partial charge in [-0.3, -0.25) is 0 Å². The summed E-state index contributed by atoms with van der Waals surface area (Å²) in [6.45, 7) is 0.723. The van der Waals surface area contributed by atoms with E-state index in [1.807, 2.05) is 23.4 Å². The maximum Gasteiger partial charge on any atom is 0.232 e. The molecule has 0 unspecified atom stereocenters. The summed E-state index contributed by atoms with van der Waals surface area (Å²) in [4.78, 5) is 14.9. The van der Waals surface area contributed by atoms with Crippen LogP contribution in [-0.2, 0) is 6.54 Å². The van der Waals surface area contributed by atoms with Gasteiger partial charge in [-0.25, -0.2) is 0 Å². The molecule has 0 aliphatic heterocycles. The van der Waals surface area contributed by atoms with Crippen LogP contribution in [0.3, 0.4) is 0 Å². The van der Waals surface area contributed by atoms with E-state index in [9.17, 15) is 0 Å². The lowest BCUT2D eigenvalue weighted by Gasteiger charge is -2.15. The minimum Gasteiger partial charge on any atom is -0.368 e. The fourth-order valence-electron chi connectivity index (χ4n) is 1.27. The smallest absolute Gasteiger partial charge is 0.232 e. The number of nitrogen functional groups attached to an aromatic ring is 2. The number of hydrogen-bond acceptors (Lipinski definition) is 7. The summed E-state index contributed by atoms with van der Waals surface area (Å²) >= 11 is 1.68. The summed E-state index contributed by atoms with van der Waals surface area (Å²) in [5.41, 5.74) is 11.0. The summed E-state index contributed by atoms with van der Waals surface area (Å²) in [5, 5.41) is 2.03. The lowest BCUT2D eigenvalue weighted by Crippen LogP contribution is -2.20. The van der Waals surface area contributed by atoms with Crippen LogP contribution < -0.4 is 16.4 Å². The van der Waals surface area contributed by atoms with Crippen molar-refractivity contribution in [2.75, 3.05) is 23.4 Å². The van der Waals surface area contributed by atoms with Crippen LogP contribution in [0.15, 0.2) is 17.5 Å². The van der Waals surface area contributed by atoms with E-state index in [2.05, 4.69) is 21.0 Å². The van der Waals surface area contributed by atoms with Crippen molar-refractivity contribution in [3.8, 4) is 0 Å². The molecule has 0 aromatic carbocycles. The topological polar surface area (TPSA) is 94.0 Å². The lowest BCUT2D eigenvalue weighted by atomic mass is 10.4. The first kappa shape index (κ1) is 10.6. The molecule has 7 heteroatoms. The van der Waals surface area contributed by atoms with Gasteiger partial charge in [-0.2, -0.15) is 15.0 Å². The minimum absolute atomic E-state index is 0.139. The number of aromatic nitrogens is 3. The van der Waals surface area contributed by atoms with Crippen molar-refractivity contribution in [2.24, 2.45) is 0 Å². The average molecular weight is 236 g/mol. The molecule has 0 atom stereocenters. The Hall–Kier alpha value is -1.89. The fourth-order valence-corrected chi connectivity index (χ4v) is 2.03. The predicted molar refractivity (Wildman–Crippen MR) is 65.1 cm³/mol. The minimum atomic E-state index is 0.139. The van der Waals surface area contributed by atoms with E-state index < -0.39 is 0 Å². The quantitative estimate of drug-likeness (QED) is 0.816. The second-order valence-corrected chi connectivity index (χ2v) is 4.32. The second kappa shape index (κ2) is 4.31. The number of thiophene rings is 1. The van der Waals surface area contributed by atoms with Gasteiger partial charge in [-0.15, -0.1) is 11.3 Å². The van der Waals surface area contributed by atoms with Gasteiger partial charge < -0.3 is 16.4 Å². The number of nitrogens with two attached hydrogens (primary N) is 2. The summed E-state index contributed by atoms with van der Waals surface area (Å²) in [6, 6.07) is 4.05. The van der Waals surface area contributed by atoms with Crippen LogP contribution in [0.4, 0.5) is 17.8 Å². The van der Waals surface area contributed by atoms with Crippen molar-refractivity contribution in [3.63, 3.8) is 0 Å². The zero-order valence-corrected chi connectivity index (χ0v) is 9.61. The Morgan fingerprint density at radius 1 is 1.25 bits per heavy atom. The average Bonchev–Trinajstić information content (AvgIpc) is 2.68. The normalized spacial score (nSPS) is 10.3. The van der Waals surface area contributed by atoms with Gasteiger partial charge in [0.25, 0.3) is 0 Å². The molecule has 0 spiro atoms. The van der Waals surface area contributed by atoms with Crippen LogP contribution in [-0.4, -0.2) is 22.0 Å². The number of hydrogen-bond donors (Lipinski definition) is 2. The van der Waals surface area contributed by atoms with E-state index in [0.29, 0.717) is 5.95 Å². The van der Waals surface area contributed by atoms with Crippen molar-refractivity contribution in [1.82, 2.24) is 15.0 Å². The summed E-state index contributed by atoms with van der Waals surface area (Å²) in [6.07, 6.45) is 0. The van der Waals surface area contributed by atoms with Gasteiger partial charge in [0.2, 0.25) is 17.8 Å². The van der Waals surface area contributed by atoms with Crippen molar-refractivity contribution in [1.29, 1.82) is 0 Å². The maximum absolute atomic E-state index is 5.50. The Balaban J connectivity index is 2.17. The van der Waals surface area contributed by atoms with Crippen LogP contribution >= 0.6 is 11.3 Å². The third-order valence-electron chi connectivity index (χ3n) is 1.97. The molecule has 0 saturated carbocycles. The standard InChI is InChI=1S/C9H12N6S/c1-15(5-6-3-2-4-16-6)9-13-7(10)12-8(11)14-9/h2-4H,5H2,1H3,(H4,10,11,12,13,14). The van der Waals surface area contributed by atoms with Gasteiger partial charge >= 0.3 is 0 Å². The molecular formula is C9H12N6S. The van der Waals surface area contributed by atoms with Gasteiger partial charge in [-0.1, -0.05) is 6.07 Å². The molecule has 4 N–H and O–H groups in total. The molecular weight excluding hydrogens is 224 g/mol. The Bertz CT molecular complexity index is 449. The highest BCUT2D eigenvalue weighted by Gasteiger charge is 2.08. The summed E-state index contributed by atoms with van der Waals surface area (Å²) < 4.78 is 0. The molecule has 6 nitrogen and oxygen atoms in total. The molecule has 0 bridgehead atoms. The van der Waals surface area contributed by atoms with Crippen molar-refractivity contribution in [3.05, 3.63) is 22.4 Å². The van der Waals surface area contributed by atoms with Crippen LogP contribution in [0.2, 0.25) is 0 Å². The van der Waals surface area contributed by atoms with E-state index in [1.165, 1.54) is 4.88 Å². The maximum atomic E-state index is 5.50. The molecule has 0 aliphatic rings. The zero-order valence-electron chi connectivity index (χ0n) is 8.79. The third-order valence-corrected chi connectivity index (χ3v) is 2.83. The predicted octanol–water partition coefficient (Wildman–Crippen LogP) is 0.734. The van der Waals surface area contributed by atoms with Crippen LogP contribution in [0.1, 0.15) is 4.88 Å². The molecule has 84 valence electrons. The van der Waals surface area contributed by atoms with Crippen LogP contribution in [0.5, 0.6) is 0 Å². The molecule has 0 aliphatic carbocycles. The van der Waals surface area contributed by atoms with Crippen LogP contribution in [0.25, 0.3) is 0 Å². The summed E-state index contributed by atoms with van der Waals surface area (Å²) in [7, 11) is 1.88. The molecule has 0 amide bonds. The van der Waals surface area contributed by atoms with E-state index in [0.717, 1.165) is 6.54 Å². The molecule has 2 rings (SSSR count). The van der Waals surface area contributed by atoms with Gasteiger partial charge in [0.05, 0.1) is 6.54 Å². The largest absolute Gasteiger partial charge is 0.368 e. The molecule has 2 aromatic rings. The first-order valence-electron chi connectivity index (χ1n) is 4.65. The van der Waals surface area contributed by atoms with E-state index in [4.69, 9.17) is 11.5 Å². The molecule has 16 heavy (non-hydrogen) atoms. The highest BCUT2D eigenvalue weighted by molar-refractivity contribution is 7.09. The van der Waals surface area contributed by atoms with Crippen molar-refractivity contribution >= 4 is 29.2 Å². The molecule has 0 saturated heterocycles.